The Morgan fingerprint density at radius 3 is 2.62 bits per heavy atom. The molecule has 2 heterocycles. The number of benzene rings is 2. The second-order valence-electron chi connectivity index (χ2n) is 6.92. The number of fused-ring (bicyclic) bond motifs is 1. The van der Waals surface area contributed by atoms with Crippen LogP contribution in [0.15, 0.2) is 36.4 Å². The van der Waals surface area contributed by atoms with Crippen LogP contribution in [0.3, 0.4) is 0 Å². The van der Waals surface area contributed by atoms with Gasteiger partial charge >= 0.3 is 0 Å². The van der Waals surface area contributed by atoms with E-state index in [4.69, 9.17) is 11.6 Å². The van der Waals surface area contributed by atoms with Crippen molar-refractivity contribution in [3.05, 3.63) is 64.2 Å². The summed E-state index contributed by atoms with van der Waals surface area (Å²) in [5.41, 5.74) is 1.66. The molecular formula is C20H18ClF3N4O. The summed E-state index contributed by atoms with van der Waals surface area (Å²) in [5, 5.41) is 0.388. The van der Waals surface area contributed by atoms with Gasteiger partial charge in [0, 0.05) is 48.9 Å². The van der Waals surface area contributed by atoms with Crippen molar-refractivity contribution in [1.82, 2.24) is 19.8 Å². The highest BCUT2D eigenvalue weighted by Crippen LogP contribution is 2.23. The fourth-order valence-electron chi connectivity index (χ4n) is 3.46. The molecule has 3 aromatic rings. The highest BCUT2D eigenvalue weighted by Gasteiger charge is 2.24. The van der Waals surface area contributed by atoms with Gasteiger partial charge in [0.1, 0.15) is 5.82 Å². The van der Waals surface area contributed by atoms with E-state index in [1.807, 2.05) is 4.90 Å². The molecule has 2 aromatic carbocycles. The molecule has 1 N–H and O–H groups in total. The minimum Gasteiger partial charge on any atom is -0.337 e. The number of alkyl halides is 2. The van der Waals surface area contributed by atoms with Crippen molar-refractivity contribution >= 4 is 28.5 Å². The first-order valence-electron chi connectivity index (χ1n) is 9.14. The lowest BCUT2D eigenvalue weighted by atomic mass is 10.1. The number of aromatic nitrogens is 2. The summed E-state index contributed by atoms with van der Waals surface area (Å²) in [7, 11) is 0. The van der Waals surface area contributed by atoms with E-state index in [9.17, 15) is 18.0 Å². The highest BCUT2D eigenvalue weighted by atomic mass is 35.5. The smallest absolute Gasteiger partial charge is 0.295 e. The molecule has 0 atom stereocenters. The third-order valence-corrected chi connectivity index (χ3v) is 5.41. The van der Waals surface area contributed by atoms with Crippen LogP contribution < -0.4 is 0 Å². The van der Waals surface area contributed by atoms with Gasteiger partial charge in [0.05, 0.1) is 11.0 Å². The van der Waals surface area contributed by atoms with Crippen LogP contribution in [0.5, 0.6) is 0 Å². The summed E-state index contributed by atoms with van der Waals surface area (Å²) < 4.78 is 39.6. The van der Waals surface area contributed by atoms with Gasteiger partial charge < -0.3 is 9.88 Å². The third-order valence-electron chi connectivity index (χ3n) is 5.06. The zero-order valence-electron chi connectivity index (χ0n) is 15.3. The number of hydrogen-bond acceptors (Lipinski definition) is 3. The number of piperazine rings is 1. The van der Waals surface area contributed by atoms with E-state index >= 15 is 0 Å². The van der Waals surface area contributed by atoms with Crippen molar-refractivity contribution in [3.63, 3.8) is 0 Å². The monoisotopic (exact) mass is 422 g/mol. The average molecular weight is 423 g/mol. The lowest BCUT2D eigenvalue weighted by Gasteiger charge is -2.35. The molecule has 0 bridgehead atoms. The summed E-state index contributed by atoms with van der Waals surface area (Å²) in [6.45, 7) is 2.50. The number of H-pyrrole nitrogens is 1. The quantitative estimate of drug-likeness (QED) is 0.683. The molecule has 29 heavy (non-hydrogen) atoms. The first-order valence-corrected chi connectivity index (χ1v) is 9.52. The molecule has 1 aliphatic rings. The maximum absolute atomic E-state index is 14.0. The van der Waals surface area contributed by atoms with Gasteiger partial charge in [-0.25, -0.2) is 18.2 Å². The maximum atomic E-state index is 14.0. The topological polar surface area (TPSA) is 52.2 Å². The number of nitrogens with zero attached hydrogens (tertiary/aromatic N) is 3. The predicted molar refractivity (Wildman–Crippen MR) is 104 cm³/mol. The number of hydrogen-bond donors (Lipinski definition) is 1. The number of nitrogens with one attached hydrogen (secondary N) is 1. The molecule has 1 amide bonds. The van der Waals surface area contributed by atoms with E-state index in [-0.39, 0.29) is 11.7 Å². The fraction of sp³-hybridized carbons (Fsp3) is 0.300. The van der Waals surface area contributed by atoms with Gasteiger partial charge in [-0.1, -0.05) is 17.7 Å². The summed E-state index contributed by atoms with van der Waals surface area (Å²) in [4.78, 5) is 22.9. The Morgan fingerprint density at radius 1 is 1.17 bits per heavy atom. The summed E-state index contributed by atoms with van der Waals surface area (Å²) in [6.07, 6.45) is -2.70. The number of aromatic amines is 1. The molecule has 1 aromatic heterocycles. The molecule has 5 nitrogen and oxygen atoms in total. The van der Waals surface area contributed by atoms with Gasteiger partial charge in [-0.2, -0.15) is 0 Å². The van der Waals surface area contributed by atoms with Crippen LogP contribution in [0.25, 0.3) is 11.0 Å². The molecule has 152 valence electrons. The Balaban J connectivity index is 1.42. The van der Waals surface area contributed by atoms with Crippen LogP contribution >= 0.6 is 11.6 Å². The Labute approximate surface area is 170 Å². The van der Waals surface area contributed by atoms with Gasteiger partial charge in [0.2, 0.25) is 0 Å². The largest absolute Gasteiger partial charge is 0.337 e. The number of imidazole rings is 1. The van der Waals surface area contributed by atoms with Crippen LogP contribution in [-0.2, 0) is 6.54 Å². The molecule has 0 unspecified atom stereocenters. The highest BCUT2D eigenvalue weighted by molar-refractivity contribution is 6.31. The van der Waals surface area contributed by atoms with Gasteiger partial charge in [-0.15, -0.1) is 0 Å². The van der Waals surface area contributed by atoms with Crippen LogP contribution in [0.4, 0.5) is 13.2 Å². The molecule has 1 fully saturated rings. The minimum atomic E-state index is -2.70. The molecule has 9 heteroatoms. The molecule has 0 saturated carbocycles. The van der Waals surface area contributed by atoms with E-state index in [1.165, 1.54) is 6.07 Å². The molecule has 0 aliphatic carbocycles. The summed E-state index contributed by atoms with van der Waals surface area (Å²) >= 11 is 6.09. The summed E-state index contributed by atoms with van der Waals surface area (Å²) in [6, 6.07) is 9.30. The van der Waals surface area contributed by atoms with E-state index in [2.05, 4.69) is 9.97 Å². The van der Waals surface area contributed by atoms with Crippen molar-refractivity contribution in [2.75, 3.05) is 26.2 Å². The van der Waals surface area contributed by atoms with Crippen molar-refractivity contribution in [2.45, 2.75) is 13.0 Å². The van der Waals surface area contributed by atoms with E-state index in [0.29, 0.717) is 59.9 Å². The van der Waals surface area contributed by atoms with Gasteiger partial charge in [-0.05, 0) is 30.3 Å². The van der Waals surface area contributed by atoms with E-state index < -0.39 is 12.2 Å². The zero-order chi connectivity index (χ0) is 20.5. The zero-order valence-corrected chi connectivity index (χ0v) is 16.1. The Bertz CT molecular complexity index is 1030. The lowest BCUT2D eigenvalue weighted by Crippen LogP contribution is -2.48. The molecular weight excluding hydrogens is 405 g/mol. The van der Waals surface area contributed by atoms with Crippen LogP contribution in [-0.4, -0.2) is 51.9 Å². The summed E-state index contributed by atoms with van der Waals surface area (Å²) in [5.74, 6) is -0.930. The molecule has 4 rings (SSSR count). The standard InChI is InChI=1S/C20H18ClF3N4O/c21-14-2-1-3-15(22)13(14)11-27-6-8-28(9-7-27)20(29)12-4-5-16-17(10-12)26-19(25-16)18(23)24/h1-5,10,18H,6-9,11H2,(H,25,26). The maximum Gasteiger partial charge on any atom is 0.295 e. The predicted octanol–water partition coefficient (Wildman–Crippen LogP) is 4.25. The minimum absolute atomic E-state index is 0.177. The Kier molecular flexibility index (Phi) is 5.47. The second-order valence-corrected chi connectivity index (χ2v) is 7.33. The Hall–Kier alpha value is -2.58. The Morgan fingerprint density at radius 2 is 1.93 bits per heavy atom. The second kappa shape index (κ2) is 8.04. The van der Waals surface area contributed by atoms with Crippen LogP contribution in [0.1, 0.15) is 28.2 Å². The fourth-order valence-corrected chi connectivity index (χ4v) is 3.69. The normalized spacial score (nSPS) is 15.4. The van der Waals surface area contributed by atoms with E-state index in [0.717, 1.165) is 0 Å². The lowest BCUT2D eigenvalue weighted by molar-refractivity contribution is 0.0627. The van der Waals surface area contributed by atoms with Crippen molar-refractivity contribution < 1.29 is 18.0 Å². The average Bonchev–Trinajstić information content (AvgIpc) is 3.14. The molecule has 0 spiro atoms. The third kappa shape index (κ3) is 4.09. The molecule has 0 radical (unpaired) electrons. The van der Waals surface area contributed by atoms with Gasteiger partial charge in [-0.3, -0.25) is 9.69 Å². The van der Waals surface area contributed by atoms with Crippen molar-refractivity contribution in [3.8, 4) is 0 Å². The van der Waals surface area contributed by atoms with Crippen molar-refractivity contribution in [1.29, 1.82) is 0 Å². The number of rotatable bonds is 4. The van der Waals surface area contributed by atoms with Crippen LogP contribution in [0.2, 0.25) is 5.02 Å². The van der Waals surface area contributed by atoms with Gasteiger partial charge in [0.15, 0.2) is 5.82 Å². The first-order chi connectivity index (χ1) is 13.9. The number of halogens is 4. The first kappa shape index (κ1) is 19.7. The molecule has 1 aliphatic heterocycles. The SMILES string of the molecule is O=C(c1ccc2nc(C(F)F)[nH]c2c1)N1CCN(Cc2c(F)cccc2Cl)CC1. The van der Waals surface area contributed by atoms with Gasteiger partial charge in [0.25, 0.3) is 12.3 Å². The number of carbonyl (C=O) groups excluding carboxylic acids is 1. The van der Waals surface area contributed by atoms with E-state index in [1.54, 1.807) is 35.2 Å². The van der Waals surface area contributed by atoms with Crippen molar-refractivity contribution in [2.24, 2.45) is 0 Å². The molecule has 1 saturated heterocycles. The number of carbonyl (C=O) groups is 1. The van der Waals surface area contributed by atoms with Crippen LogP contribution in [0, 0.1) is 5.82 Å². The number of amides is 1.